The molecule has 60 heavy (non-hydrogen) atoms. The Morgan fingerprint density at radius 1 is 0.467 bits per heavy atom. The van der Waals surface area contributed by atoms with Crippen molar-refractivity contribution in [2.75, 3.05) is 16.0 Å². The molecule has 0 radical (unpaired) electrons. The van der Waals surface area contributed by atoms with E-state index in [9.17, 15) is 0 Å². The van der Waals surface area contributed by atoms with Crippen LogP contribution >= 0.6 is 0 Å². The molecule has 3 aliphatic carbocycles. The molecule has 0 bridgehead atoms. The molecular weight excluding hydrogens is 757 g/mol. The number of nitrogens with one attached hydrogen (secondary N) is 9. The van der Waals surface area contributed by atoms with Gasteiger partial charge < -0.3 is 48.1 Å². The van der Waals surface area contributed by atoms with Crippen molar-refractivity contribution in [3.05, 3.63) is 53.9 Å². The fourth-order valence-electron chi connectivity index (χ4n) is 8.92. The maximum atomic E-state index is 7.70. The highest BCUT2D eigenvalue weighted by Crippen LogP contribution is 2.33. The van der Waals surface area contributed by atoms with Gasteiger partial charge in [0.15, 0.2) is 34.0 Å². The van der Waals surface area contributed by atoms with Crippen molar-refractivity contribution in [3.63, 3.8) is 0 Å². The van der Waals surface area contributed by atoms with Gasteiger partial charge in [-0.2, -0.15) is 0 Å². The Kier molecular flexibility index (Phi) is 13.0. The zero-order chi connectivity index (χ0) is 42.3. The summed E-state index contributed by atoms with van der Waals surface area (Å²) < 4.78 is 0. The van der Waals surface area contributed by atoms with Crippen molar-refractivity contribution >= 4 is 67.7 Å². The molecule has 3 saturated carbocycles. The first kappa shape index (κ1) is 41.8. The first-order valence-corrected chi connectivity index (χ1v) is 21.3. The Morgan fingerprint density at radius 3 is 0.983 bits per heavy atom. The highest BCUT2D eigenvalue weighted by Gasteiger charge is 2.27. The molecule has 3 fully saturated rings. The first-order valence-electron chi connectivity index (χ1n) is 21.3. The van der Waals surface area contributed by atoms with Crippen LogP contribution in [0.4, 0.5) is 17.1 Å². The number of hydrogen-bond donors (Lipinski definition) is 12. The quantitative estimate of drug-likeness (QED) is 0.0536. The predicted molar refractivity (Wildman–Crippen MR) is 240 cm³/mol. The lowest BCUT2D eigenvalue weighted by Crippen LogP contribution is -2.31. The number of aromatic nitrogens is 9. The van der Waals surface area contributed by atoms with Crippen molar-refractivity contribution < 1.29 is 0 Å². The normalized spacial score (nSPS) is 22.9. The minimum absolute atomic E-state index is 0.0495. The second-order valence-electron chi connectivity index (χ2n) is 16.8. The highest BCUT2D eigenvalue weighted by molar-refractivity contribution is 6.07. The monoisotopic (exact) mass is 817 g/mol. The summed E-state index contributed by atoms with van der Waals surface area (Å²) in [5.74, 6) is 1.70. The fraction of sp³-hybridized carbons (Fsp3) is 0.500. The van der Waals surface area contributed by atoms with Gasteiger partial charge in [0.1, 0.15) is 17.5 Å². The van der Waals surface area contributed by atoms with Crippen LogP contribution in [0.5, 0.6) is 0 Å². The average molecular weight is 817 g/mol. The molecule has 0 aliphatic heterocycles. The summed E-state index contributed by atoms with van der Waals surface area (Å²) in [5, 5.41) is 61.1. The van der Waals surface area contributed by atoms with Crippen LogP contribution in [-0.2, 0) is 0 Å². The van der Waals surface area contributed by atoms with E-state index in [-0.39, 0.29) is 17.5 Å². The molecule has 3 aliphatic rings. The van der Waals surface area contributed by atoms with Gasteiger partial charge in [-0.3, -0.25) is 16.2 Å². The van der Waals surface area contributed by atoms with E-state index in [1.165, 1.54) is 57.8 Å². The van der Waals surface area contributed by atoms with Gasteiger partial charge in [0.25, 0.3) is 0 Å². The Labute approximate surface area is 349 Å². The summed E-state index contributed by atoms with van der Waals surface area (Å²) in [6.07, 6.45) is 20.3. The molecule has 0 spiro atoms. The SMILES string of the molecule is CC1CCCCC1Nc1c(C(=N)N)nnc2[nH]ccc12.C[C@@H]1CCCC[C@@H]1Nc1c(C(=N)N)nnc2[nH]ccc12.C[C@H]1CCCC[C@H]1Nc1c(C(=N)N)nnc2[nH]ccc12. The molecule has 2 unspecified atom stereocenters. The Balaban J connectivity index is 0.000000136. The van der Waals surface area contributed by atoms with Crippen LogP contribution in [0, 0.1) is 34.0 Å². The number of rotatable bonds is 9. The highest BCUT2D eigenvalue weighted by atomic mass is 15.2. The minimum Gasteiger partial charge on any atom is -0.382 e. The second-order valence-corrected chi connectivity index (χ2v) is 16.8. The predicted octanol–water partition coefficient (Wildman–Crippen LogP) is 6.70. The van der Waals surface area contributed by atoms with Crippen molar-refractivity contribution in [3.8, 4) is 0 Å². The van der Waals surface area contributed by atoms with E-state index >= 15 is 0 Å². The van der Waals surface area contributed by atoms with Crippen molar-refractivity contribution in [2.24, 2.45) is 35.0 Å². The number of hydrogen-bond acceptors (Lipinski definition) is 12. The van der Waals surface area contributed by atoms with Gasteiger partial charge >= 0.3 is 0 Å². The van der Waals surface area contributed by atoms with Gasteiger partial charge in [-0.15, -0.1) is 30.6 Å². The lowest BCUT2D eigenvalue weighted by molar-refractivity contribution is 0.349. The van der Waals surface area contributed by atoms with Gasteiger partial charge in [-0.1, -0.05) is 59.3 Å². The van der Waals surface area contributed by atoms with Crippen molar-refractivity contribution in [2.45, 2.75) is 116 Å². The number of nitrogen functional groups attached to an aromatic ring is 3. The maximum absolute atomic E-state index is 7.70. The van der Waals surface area contributed by atoms with E-state index in [0.29, 0.717) is 53.0 Å². The molecule has 15 N–H and O–H groups in total. The van der Waals surface area contributed by atoms with Gasteiger partial charge in [0, 0.05) is 52.9 Å². The topological polar surface area (TPSA) is 310 Å². The minimum atomic E-state index is -0.0495. The standard InChI is InChI=1S/3C14H20N6/c3*1-8-4-2-3-5-10(8)18-11-9-6-7-17-14(9)20-19-12(11)13(15)16/h3*6-8,10H,2-5H2,1H3,(H3,15,16)(H2,17,18,20)/t2*8-,10+;/m10./s1. The summed E-state index contributed by atoms with van der Waals surface area (Å²) in [6, 6.07) is 7.07. The third kappa shape index (κ3) is 9.26. The summed E-state index contributed by atoms with van der Waals surface area (Å²) in [4.78, 5) is 9.15. The van der Waals surface area contributed by atoms with Crippen LogP contribution in [-0.4, -0.2) is 81.2 Å². The van der Waals surface area contributed by atoms with Crippen LogP contribution in [0.25, 0.3) is 33.1 Å². The summed E-state index contributed by atoms with van der Waals surface area (Å²) in [5.41, 5.74) is 22.9. The van der Waals surface area contributed by atoms with Gasteiger partial charge in [0.2, 0.25) is 0 Å². The average Bonchev–Trinajstić information content (AvgIpc) is 4.03. The van der Waals surface area contributed by atoms with Gasteiger partial charge in [-0.25, -0.2) is 0 Å². The van der Waals surface area contributed by atoms with Gasteiger partial charge in [-0.05, 0) is 74.5 Å². The lowest BCUT2D eigenvalue weighted by Gasteiger charge is -2.31. The molecule has 6 aromatic heterocycles. The first-order chi connectivity index (χ1) is 29.0. The van der Waals surface area contributed by atoms with Crippen LogP contribution in [0.15, 0.2) is 36.8 Å². The number of nitrogens with zero attached hydrogens (tertiary/aromatic N) is 6. The van der Waals surface area contributed by atoms with E-state index < -0.39 is 0 Å². The van der Waals surface area contributed by atoms with E-state index in [1.54, 1.807) is 0 Å². The van der Waals surface area contributed by atoms with Gasteiger partial charge in [0.05, 0.1) is 17.1 Å². The van der Waals surface area contributed by atoms with Crippen molar-refractivity contribution in [1.29, 1.82) is 16.2 Å². The molecule has 0 aromatic carbocycles. The van der Waals surface area contributed by atoms with Crippen molar-refractivity contribution in [1.82, 2.24) is 45.5 Å². The molecule has 18 heteroatoms. The number of amidine groups is 3. The number of nitrogens with two attached hydrogens (primary N) is 3. The molecule has 6 heterocycles. The third-order valence-corrected chi connectivity index (χ3v) is 12.5. The van der Waals surface area contributed by atoms with E-state index in [1.807, 2.05) is 36.8 Å². The van der Waals surface area contributed by atoms with E-state index in [0.717, 1.165) is 69.4 Å². The van der Waals surface area contributed by atoms with E-state index in [4.69, 9.17) is 33.4 Å². The zero-order valence-electron chi connectivity index (χ0n) is 34.8. The second kappa shape index (κ2) is 18.7. The summed E-state index contributed by atoms with van der Waals surface area (Å²) in [7, 11) is 0. The number of H-pyrrole nitrogens is 3. The van der Waals surface area contributed by atoms with E-state index in [2.05, 4.69) is 82.3 Å². The lowest BCUT2D eigenvalue weighted by atomic mass is 9.85. The Morgan fingerprint density at radius 2 is 0.733 bits per heavy atom. The molecule has 0 saturated heterocycles. The summed E-state index contributed by atoms with van der Waals surface area (Å²) in [6.45, 7) is 6.81. The Bertz CT molecular complexity index is 2160. The summed E-state index contributed by atoms with van der Waals surface area (Å²) >= 11 is 0. The molecule has 318 valence electrons. The Hall–Kier alpha value is -6.33. The fourth-order valence-corrected chi connectivity index (χ4v) is 8.92. The number of fused-ring (bicyclic) bond motifs is 3. The zero-order valence-corrected chi connectivity index (χ0v) is 34.8. The third-order valence-electron chi connectivity index (χ3n) is 12.5. The molecule has 9 rings (SSSR count). The molecule has 0 amide bonds. The molecule has 6 aromatic rings. The van der Waals surface area contributed by atoms with Crippen LogP contribution < -0.4 is 33.2 Å². The number of aromatic amines is 3. The van der Waals surface area contributed by atoms with Crippen LogP contribution in [0.1, 0.15) is 115 Å². The smallest absolute Gasteiger partial charge is 0.162 e. The maximum Gasteiger partial charge on any atom is 0.162 e. The number of anilines is 3. The molecule has 6 atom stereocenters. The van der Waals surface area contributed by atoms with Crippen LogP contribution in [0.2, 0.25) is 0 Å². The van der Waals surface area contributed by atoms with Crippen LogP contribution in [0.3, 0.4) is 0 Å². The largest absolute Gasteiger partial charge is 0.382 e. The molecule has 18 nitrogen and oxygen atoms in total. The molecular formula is C42H60N18.